The molecule has 0 N–H and O–H groups in total. The topological polar surface area (TPSA) is 101 Å². The van der Waals surface area contributed by atoms with Gasteiger partial charge < -0.3 is 4.74 Å². The number of esters is 1. The van der Waals surface area contributed by atoms with Crippen LogP contribution in [-0.2, 0) is 19.1 Å². The molecular weight excluding hydrogens is 539 g/mol. The number of ketones is 2. The highest BCUT2D eigenvalue weighted by atomic mass is 127. The lowest BCUT2D eigenvalue weighted by Gasteiger charge is -2.32. The minimum atomic E-state index is -0.992. The Bertz CT molecular complexity index is 978. The van der Waals surface area contributed by atoms with Crippen LogP contribution in [0.2, 0.25) is 0 Å². The van der Waals surface area contributed by atoms with Crippen molar-refractivity contribution in [2.24, 2.45) is 5.92 Å². The van der Waals surface area contributed by atoms with Gasteiger partial charge in [-0.15, -0.1) is 0 Å². The molecule has 1 heterocycles. The number of carbonyl (C=O) groups excluding carboxylic acids is 5. The molecule has 2 amide bonds. The standard InChI is InChI=1S/C24H29IN2O6/c1-4-5-11-26(3)14(2)24(32)33-12-10-17-20(28)9-8-19(21(17)29)27-22(30)16-7-6-15(25)13-18(16)23(27)31/h6-7,13-14,17,19H,4-5,8-12H2,1-3H3/t14-,17?,19?/m0/s1. The zero-order valence-corrected chi connectivity index (χ0v) is 21.3. The number of Topliss-reactive ketones (excluding diaryl/α,β-unsaturated/α-hetero) is 2. The van der Waals surface area contributed by atoms with E-state index in [0.717, 1.165) is 27.9 Å². The van der Waals surface area contributed by atoms with Crippen LogP contribution in [-0.4, -0.2) is 71.4 Å². The van der Waals surface area contributed by atoms with Gasteiger partial charge in [-0.1, -0.05) is 13.3 Å². The molecule has 3 atom stereocenters. The molecule has 1 aliphatic heterocycles. The number of fused-ring (bicyclic) bond motifs is 1. The van der Waals surface area contributed by atoms with E-state index in [0.29, 0.717) is 0 Å². The SMILES string of the molecule is CCCCN(C)[C@@H](C)C(=O)OCCC1C(=O)CCC(N2C(=O)c3ccc(I)cc3C2=O)C1=O. The van der Waals surface area contributed by atoms with Crippen molar-refractivity contribution in [2.75, 3.05) is 20.2 Å². The van der Waals surface area contributed by atoms with E-state index in [2.05, 4.69) is 29.5 Å². The number of benzene rings is 1. The normalized spacial score (nSPS) is 21.5. The first-order valence-corrected chi connectivity index (χ1v) is 12.4. The van der Waals surface area contributed by atoms with Crippen LogP contribution < -0.4 is 0 Å². The zero-order chi connectivity index (χ0) is 24.3. The first-order chi connectivity index (χ1) is 15.7. The van der Waals surface area contributed by atoms with Crippen LogP contribution in [0.1, 0.15) is 66.7 Å². The Morgan fingerprint density at radius 2 is 1.91 bits per heavy atom. The molecule has 1 aromatic rings. The fourth-order valence-electron chi connectivity index (χ4n) is 4.24. The fraction of sp³-hybridized carbons (Fsp3) is 0.542. The van der Waals surface area contributed by atoms with Crippen LogP contribution in [0.15, 0.2) is 18.2 Å². The molecule has 1 aliphatic carbocycles. The molecule has 33 heavy (non-hydrogen) atoms. The third-order valence-corrected chi connectivity index (χ3v) is 7.10. The van der Waals surface area contributed by atoms with E-state index in [9.17, 15) is 24.0 Å². The Kier molecular flexibility index (Phi) is 8.38. The number of rotatable bonds is 9. The first kappa shape index (κ1) is 25.5. The van der Waals surface area contributed by atoms with E-state index in [-0.39, 0.29) is 42.8 Å². The summed E-state index contributed by atoms with van der Waals surface area (Å²) in [5.41, 5.74) is 0.556. The number of hydrogen-bond acceptors (Lipinski definition) is 7. The van der Waals surface area contributed by atoms with E-state index < -0.39 is 41.6 Å². The molecule has 0 spiro atoms. The van der Waals surface area contributed by atoms with Crippen LogP contribution in [0.3, 0.4) is 0 Å². The van der Waals surface area contributed by atoms with Gasteiger partial charge in [-0.3, -0.25) is 33.8 Å². The molecular formula is C24H29IN2O6. The number of unbranched alkanes of at least 4 members (excludes halogenated alkanes) is 1. The summed E-state index contributed by atoms with van der Waals surface area (Å²) in [6.45, 7) is 4.53. The minimum Gasteiger partial charge on any atom is -0.464 e. The second-order valence-corrected chi connectivity index (χ2v) is 9.86. The van der Waals surface area contributed by atoms with E-state index in [1.54, 1.807) is 25.1 Å². The average molecular weight is 568 g/mol. The molecule has 1 saturated carbocycles. The van der Waals surface area contributed by atoms with Crippen molar-refractivity contribution < 1.29 is 28.7 Å². The van der Waals surface area contributed by atoms with E-state index >= 15 is 0 Å². The van der Waals surface area contributed by atoms with Gasteiger partial charge in [0, 0.05) is 9.99 Å². The number of nitrogens with zero attached hydrogens (tertiary/aromatic N) is 2. The number of amides is 2. The number of imide groups is 1. The molecule has 2 unspecified atom stereocenters. The lowest BCUT2D eigenvalue weighted by atomic mass is 9.81. The Balaban J connectivity index is 1.63. The number of ether oxygens (including phenoxy) is 1. The molecule has 1 fully saturated rings. The Morgan fingerprint density at radius 3 is 2.61 bits per heavy atom. The van der Waals surface area contributed by atoms with Gasteiger partial charge in [0.2, 0.25) is 0 Å². The fourth-order valence-corrected chi connectivity index (χ4v) is 4.73. The predicted molar refractivity (Wildman–Crippen MR) is 129 cm³/mol. The van der Waals surface area contributed by atoms with E-state index in [4.69, 9.17) is 4.74 Å². The highest BCUT2D eigenvalue weighted by molar-refractivity contribution is 14.1. The van der Waals surface area contributed by atoms with Gasteiger partial charge in [0.15, 0.2) is 5.78 Å². The van der Waals surface area contributed by atoms with Crippen LogP contribution in [0.4, 0.5) is 0 Å². The van der Waals surface area contributed by atoms with Crippen molar-refractivity contribution in [3.8, 4) is 0 Å². The van der Waals surface area contributed by atoms with Gasteiger partial charge in [0.25, 0.3) is 11.8 Å². The molecule has 178 valence electrons. The second-order valence-electron chi connectivity index (χ2n) is 8.61. The van der Waals surface area contributed by atoms with Crippen LogP contribution in [0.25, 0.3) is 0 Å². The lowest BCUT2D eigenvalue weighted by molar-refractivity contribution is -0.151. The first-order valence-electron chi connectivity index (χ1n) is 11.3. The predicted octanol–water partition coefficient (Wildman–Crippen LogP) is 2.86. The maximum Gasteiger partial charge on any atom is 0.323 e. The van der Waals surface area contributed by atoms with E-state index in [1.165, 1.54) is 0 Å². The molecule has 3 rings (SSSR count). The van der Waals surface area contributed by atoms with E-state index in [1.807, 2.05) is 11.9 Å². The molecule has 0 saturated heterocycles. The summed E-state index contributed by atoms with van der Waals surface area (Å²) in [4.78, 5) is 66.6. The van der Waals surface area contributed by atoms with Crippen LogP contribution in [0, 0.1) is 9.49 Å². The minimum absolute atomic E-state index is 0.0480. The summed E-state index contributed by atoms with van der Waals surface area (Å²) in [6.07, 6.45) is 2.25. The highest BCUT2D eigenvalue weighted by Crippen LogP contribution is 2.32. The molecule has 0 aromatic heterocycles. The van der Waals surface area contributed by atoms with Gasteiger partial charge >= 0.3 is 5.97 Å². The Labute approximate surface area is 207 Å². The van der Waals surface area contributed by atoms with Crippen molar-refractivity contribution >= 4 is 51.9 Å². The molecule has 8 nitrogen and oxygen atoms in total. The summed E-state index contributed by atoms with van der Waals surface area (Å²) in [6, 6.07) is 3.55. The highest BCUT2D eigenvalue weighted by Gasteiger charge is 2.47. The molecule has 1 aromatic carbocycles. The van der Waals surface area contributed by atoms with Crippen LogP contribution >= 0.6 is 22.6 Å². The van der Waals surface area contributed by atoms with Crippen molar-refractivity contribution in [3.05, 3.63) is 32.9 Å². The summed E-state index contributed by atoms with van der Waals surface area (Å²) in [5.74, 6) is -3.11. The summed E-state index contributed by atoms with van der Waals surface area (Å²) in [7, 11) is 1.85. The third-order valence-electron chi connectivity index (χ3n) is 6.43. The molecule has 9 heteroatoms. The maximum absolute atomic E-state index is 13.2. The van der Waals surface area contributed by atoms with Gasteiger partial charge in [-0.25, -0.2) is 0 Å². The summed E-state index contributed by atoms with van der Waals surface area (Å²) >= 11 is 2.06. The largest absolute Gasteiger partial charge is 0.464 e. The van der Waals surface area contributed by atoms with Crippen LogP contribution in [0.5, 0.6) is 0 Å². The zero-order valence-electron chi connectivity index (χ0n) is 19.1. The van der Waals surface area contributed by atoms with Gasteiger partial charge in [-0.05, 0) is 80.6 Å². The Hall–Kier alpha value is -2.14. The second kappa shape index (κ2) is 10.9. The van der Waals surface area contributed by atoms with Gasteiger partial charge in [0.05, 0.1) is 29.7 Å². The number of carbonyl (C=O) groups is 5. The van der Waals surface area contributed by atoms with Crippen molar-refractivity contribution in [3.63, 3.8) is 0 Å². The molecule has 0 bridgehead atoms. The number of hydrogen-bond donors (Lipinski definition) is 0. The van der Waals surface area contributed by atoms with Crippen molar-refractivity contribution in [2.45, 2.75) is 58.0 Å². The lowest BCUT2D eigenvalue weighted by Crippen LogP contribution is -2.51. The third kappa shape index (κ3) is 5.34. The number of likely N-dealkylation sites (N-methyl/N-ethyl adjacent to an activating group) is 1. The van der Waals surface area contributed by atoms with Crippen molar-refractivity contribution in [1.29, 1.82) is 0 Å². The smallest absolute Gasteiger partial charge is 0.323 e. The Morgan fingerprint density at radius 1 is 1.21 bits per heavy atom. The number of halogens is 1. The maximum atomic E-state index is 13.2. The monoisotopic (exact) mass is 568 g/mol. The molecule has 2 aliphatic rings. The summed E-state index contributed by atoms with van der Waals surface area (Å²) < 4.78 is 6.15. The quantitative estimate of drug-likeness (QED) is 0.196. The van der Waals surface area contributed by atoms with Gasteiger partial charge in [-0.2, -0.15) is 0 Å². The average Bonchev–Trinajstić information content (AvgIpc) is 3.03. The van der Waals surface area contributed by atoms with Crippen molar-refractivity contribution in [1.82, 2.24) is 9.80 Å². The molecule has 0 radical (unpaired) electrons. The van der Waals surface area contributed by atoms with Gasteiger partial charge in [0.1, 0.15) is 11.8 Å². The summed E-state index contributed by atoms with van der Waals surface area (Å²) in [5, 5.41) is 0.